The average molecular weight is 338 g/mol. The van der Waals surface area contributed by atoms with Crippen LogP contribution in [0.4, 0.5) is 18.9 Å². The Kier molecular flexibility index (Phi) is 5.33. The predicted octanol–water partition coefficient (Wildman–Crippen LogP) is 3.33. The molecule has 7 heteroatoms. The van der Waals surface area contributed by atoms with Gasteiger partial charge < -0.3 is 15.4 Å². The minimum Gasteiger partial charge on any atom is -0.484 e. The highest BCUT2D eigenvalue weighted by molar-refractivity contribution is 5.77. The van der Waals surface area contributed by atoms with E-state index in [1.807, 2.05) is 0 Å². The van der Waals surface area contributed by atoms with Crippen LogP contribution >= 0.6 is 0 Å². The number of ether oxygens (including phenoxy) is 1. The van der Waals surface area contributed by atoms with E-state index in [4.69, 9.17) is 10.5 Å². The fraction of sp³-hybridized carbons (Fsp3) is 0.235. The van der Waals surface area contributed by atoms with Crippen LogP contribution in [0, 0.1) is 0 Å². The number of nitrogen functional groups attached to an aromatic ring is 1. The lowest BCUT2D eigenvalue weighted by Crippen LogP contribution is -2.30. The fourth-order valence-corrected chi connectivity index (χ4v) is 1.98. The Morgan fingerprint density at radius 1 is 1.08 bits per heavy atom. The Morgan fingerprint density at radius 3 is 2.21 bits per heavy atom. The van der Waals surface area contributed by atoms with E-state index >= 15 is 0 Å². The molecular weight excluding hydrogens is 321 g/mol. The van der Waals surface area contributed by atoms with E-state index in [2.05, 4.69) is 0 Å². The van der Waals surface area contributed by atoms with Gasteiger partial charge in [0.2, 0.25) is 0 Å². The molecule has 2 aromatic rings. The molecule has 2 aromatic carbocycles. The first-order valence-electron chi connectivity index (χ1n) is 7.14. The van der Waals surface area contributed by atoms with Crippen molar-refractivity contribution in [1.82, 2.24) is 4.90 Å². The number of nitrogens with zero attached hydrogens (tertiary/aromatic N) is 1. The third kappa shape index (κ3) is 4.91. The number of amides is 1. The molecule has 0 aliphatic carbocycles. The van der Waals surface area contributed by atoms with Gasteiger partial charge in [-0.25, -0.2) is 0 Å². The lowest BCUT2D eigenvalue weighted by Gasteiger charge is -2.18. The molecule has 2 N–H and O–H groups in total. The summed E-state index contributed by atoms with van der Waals surface area (Å²) in [4.78, 5) is 13.4. The van der Waals surface area contributed by atoms with E-state index in [1.165, 1.54) is 17.0 Å². The minimum atomic E-state index is -4.37. The minimum absolute atomic E-state index is 0.166. The molecule has 0 unspecified atom stereocenters. The first-order chi connectivity index (χ1) is 11.3. The molecule has 0 bridgehead atoms. The number of carbonyl (C=O) groups is 1. The number of benzene rings is 2. The van der Waals surface area contributed by atoms with Gasteiger partial charge in [0.25, 0.3) is 5.91 Å². The summed E-state index contributed by atoms with van der Waals surface area (Å²) in [5.41, 5.74) is 6.03. The maximum absolute atomic E-state index is 12.5. The van der Waals surface area contributed by atoms with Crippen molar-refractivity contribution in [2.45, 2.75) is 12.7 Å². The summed E-state index contributed by atoms with van der Waals surface area (Å²) < 4.78 is 42.9. The lowest BCUT2D eigenvalue weighted by atomic mass is 10.1. The highest BCUT2D eigenvalue weighted by Crippen LogP contribution is 2.29. The second kappa shape index (κ2) is 7.25. The van der Waals surface area contributed by atoms with Crippen molar-refractivity contribution < 1.29 is 22.7 Å². The smallest absolute Gasteiger partial charge is 0.416 e. The van der Waals surface area contributed by atoms with E-state index in [9.17, 15) is 18.0 Å². The maximum atomic E-state index is 12.5. The Bertz CT molecular complexity index is 682. The van der Waals surface area contributed by atoms with Crippen LogP contribution in [-0.4, -0.2) is 24.5 Å². The first-order valence-corrected chi connectivity index (χ1v) is 7.14. The summed E-state index contributed by atoms with van der Waals surface area (Å²) in [6, 6.07) is 11.3. The number of hydrogen-bond acceptors (Lipinski definition) is 3. The van der Waals surface area contributed by atoms with Gasteiger partial charge in [0.1, 0.15) is 5.75 Å². The topological polar surface area (TPSA) is 55.6 Å². The van der Waals surface area contributed by atoms with E-state index < -0.39 is 11.7 Å². The normalized spacial score (nSPS) is 11.2. The fourth-order valence-electron chi connectivity index (χ4n) is 1.98. The van der Waals surface area contributed by atoms with E-state index in [1.54, 1.807) is 31.3 Å². The van der Waals surface area contributed by atoms with E-state index in [-0.39, 0.29) is 19.1 Å². The van der Waals surface area contributed by atoms with Gasteiger partial charge in [0.05, 0.1) is 5.56 Å². The third-order valence-corrected chi connectivity index (χ3v) is 3.37. The van der Waals surface area contributed by atoms with Crippen LogP contribution in [-0.2, 0) is 17.5 Å². The second-order valence-electron chi connectivity index (χ2n) is 5.30. The summed E-state index contributed by atoms with van der Waals surface area (Å²) in [6.45, 7) is 0.0309. The van der Waals surface area contributed by atoms with Crippen LogP contribution in [0.1, 0.15) is 11.1 Å². The number of nitrogens with two attached hydrogens (primary N) is 1. The van der Waals surface area contributed by atoms with Gasteiger partial charge in [0.15, 0.2) is 6.61 Å². The number of anilines is 1. The molecule has 4 nitrogen and oxygen atoms in total. The molecule has 0 aromatic heterocycles. The Hall–Kier alpha value is -2.70. The van der Waals surface area contributed by atoms with Gasteiger partial charge in [-0.1, -0.05) is 12.1 Å². The van der Waals surface area contributed by atoms with Crippen LogP contribution in [0.3, 0.4) is 0 Å². The maximum Gasteiger partial charge on any atom is 0.416 e. The third-order valence-electron chi connectivity index (χ3n) is 3.37. The molecule has 0 saturated heterocycles. The summed E-state index contributed by atoms with van der Waals surface area (Å²) in [5, 5.41) is 0. The van der Waals surface area contributed by atoms with E-state index in [0.29, 0.717) is 17.0 Å². The van der Waals surface area contributed by atoms with Gasteiger partial charge in [0, 0.05) is 19.3 Å². The van der Waals surface area contributed by atoms with Crippen molar-refractivity contribution in [2.24, 2.45) is 0 Å². The van der Waals surface area contributed by atoms with Crippen molar-refractivity contribution in [3.8, 4) is 5.75 Å². The van der Waals surface area contributed by atoms with E-state index in [0.717, 1.165) is 12.1 Å². The van der Waals surface area contributed by atoms with Crippen LogP contribution in [0.2, 0.25) is 0 Å². The van der Waals surface area contributed by atoms with Crippen molar-refractivity contribution in [3.63, 3.8) is 0 Å². The molecule has 128 valence electrons. The zero-order valence-electron chi connectivity index (χ0n) is 13.0. The van der Waals surface area contributed by atoms with Crippen LogP contribution in [0.25, 0.3) is 0 Å². The molecule has 0 spiro atoms. The summed E-state index contributed by atoms with van der Waals surface area (Å²) >= 11 is 0. The van der Waals surface area contributed by atoms with Crippen molar-refractivity contribution in [2.75, 3.05) is 19.4 Å². The second-order valence-corrected chi connectivity index (χ2v) is 5.30. The van der Waals surface area contributed by atoms with Crippen molar-refractivity contribution in [3.05, 3.63) is 59.7 Å². The molecule has 0 aliphatic heterocycles. The quantitative estimate of drug-likeness (QED) is 0.851. The molecule has 1 amide bonds. The zero-order valence-corrected chi connectivity index (χ0v) is 13.0. The molecule has 24 heavy (non-hydrogen) atoms. The Labute approximate surface area is 137 Å². The zero-order chi connectivity index (χ0) is 17.7. The van der Waals surface area contributed by atoms with Gasteiger partial charge in [-0.15, -0.1) is 0 Å². The van der Waals surface area contributed by atoms with Crippen molar-refractivity contribution >= 4 is 11.6 Å². The molecule has 0 saturated carbocycles. The molecule has 0 radical (unpaired) electrons. The summed E-state index contributed by atoms with van der Waals surface area (Å²) in [5.74, 6) is 0.229. The SMILES string of the molecule is CN(Cc1ccc(C(F)(F)F)cc1)C(=O)COc1ccc(N)cc1. The monoisotopic (exact) mass is 338 g/mol. The number of rotatable bonds is 5. The molecule has 2 rings (SSSR count). The highest BCUT2D eigenvalue weighted by Gasteiger charge is 2.29. The molecule has 0 atom stereocenters. The molecular formula is C17H17F3N2O2. The lowest BCUT2D eigenvalue weighted by molar-refractivity contribution is -0.137. The van der Waals surface area contributed by atoms with Gasteiger partial charge in [-0.05, 0) is 42.0 Å². The summed E-state index contributed by atoms with van der Waals surface area (Å²) in [6.07, 6.45) is -4.37. The average Bonchev–Trinajstić information content (AvgIpc) is 2.53. The Morgan fingerprint density at radius 2 is 1.67 bits per heavy atom. The van der Waals surface area contributed by atoms with Crippen LogP contribution in [0.15, 0.2) is 48.5 Å². The number of carbonyl (C=O) groups excluding carboxylic acids is 1. The van der Waals surface area contributed by atoms with Gasteiger partial charge >= 0.3 is 6.18 Å². The molecule has 0 aliphatic rings. The van der Waals surface area contributed by atoms with Crippen LogP contribution in [0.5, 0.6) is 5.75 Å². The first kappa shape index (κ1) is 17.7. The highest BCUT2D eigenvalue weighted by atomic mass is 19.4. The number of alkyl halides is 3. The largest absolute Gasteiger partial charge is 0.484 e. The van der Waals surface area contributed by atoms with Crippen LogP contribution < -0.4 is 10.5 Å². The molecule has 0 heterocycles. The molecule has 0 fully saturated rings. The number of hydrogen-bond donors (Lipinski definition) is 1. The Balaban J connectivity index is 1.88. The number of likely N-dealkylation sites (N-methyl/N-ethyl adjacent to an activating group) is 1. The van der Waals surface area contributed by atoms with Gasteiger partial charge in [-0.3, -0.25) is 4.79 Å². The predicted molar refractivity (Wildman–Crippen MR) is 84.3 cm³/mol. The van der Waals surface area contributed by atoms with Gasteiger partial charge in [-0.2, -0.15) is 13.2 Å². The number of halogens is 3. The summed E-state index contributed by atoms with van der Waals surface area (Å²) in [7, 11) is 1.56. The van der Waals surface area contributed by atoms with Crippen molar-refractivity contribution in [1.29, 1.82) is 0 Å². The standard InChI is InChI=1S/C17H17F3N2O2/c1-22(10-12-2-4-13(5-3-12)17(18,19)20)16(23)11-24-15-8-6-14(21)7-9-15/h2-9H,10-11,21H2,1H3.